The van der Waals surface area contributed by atoms with E-state index in [0.717, 1.165) is 0 Å². The molecule has 2 rings (SSSR count). The van der Waals surface area contributed by atoms with Crippen LogP contribution in [0.25, 0.3) is 0 Å². The molecule has 0 saturated heterocycles. The summed E-state index contributed by atoms with van der Waals surface area (Å²) < 4.78 is 0. The summed E-state index contributed by atoms with van der Waals surface area (Å²) in [6, 6.07) is 0. The molecule has 0 atom stereocenters. The molecule has 2 aliphatic rings. The minimum absolute atomic E-state index is 1.22. The quantitative estimate of drug-likeness (QED) is 0.491. The van der Waals surface area contributed by atoms with Gasteiger partial charge in [-0.25, -0.2) is 0 Å². The van der Waals surface area contributed by atoms with E-state index >= 15 is 0 Å². The van der Waals surface area contributed by atoms with Crippen molar-refractivity contribution in [2.75, 3.05) is 0 Å². The van der Waals surface area contributed by atoms with Crippen LogP contribution < -0.4 is 0 Å². The highest BCUT2D eigenvalue weighted by atomic mass is 14.2. The Morgan fingerprint density at radius 1 is 1.27 bits per heavy atom. The molecule has 0 amide bonds. The molecular formula is C11H13. The van der Waals surface area contributed by atoms with E-state index < -0.39 is 0 Å². The first-order valence-corrected chi connectivity index (χ1v) is 4.21. The minimum Gasteiger partial charge on any atom is -0.0836 e. The highest BCUT2D eigenvalue weighted by Crippen LogP contribution is 2.37. The predicted octanol–water partition coefficient (Wildman–Crippen LogP) is 3.19. The molecule has 0 heteroatoms. The fourth-order valence-corrected chi connectivity index (χ4v) is 1.93. The van der Waals surface area contributed by atoms with Gasteiger partial charge < -0.3 is 0 Å². The van der Waals surface area contributed by atoms with Crippen LogP contribution in [0.5, 0.6) is 0 Å². The molecular weight excluding hydrogens is 132 g/mol. The van der Waals surface area contributed by atoms with Crippen molar-refractivity contribution < 1.29 is 0 Å². The fraction of sp³-hybridized carbons (Fsp3) is 0.364. The van der Waals surface area contributed by atoms with Crippen molar-refractivity contribution in [1.82, 2.24) is 0 Å². The average molecular weight is 145 g/mol. The Balaban J connectivity index is 2.42. The number of allylic oxidation sites excluding steroid dienone is 6. The van der Waals surface area contributed by atoms with Crippen LogP contribution in [0.3, 0.4) is 0 Å². The van der Waals surface area contributed by atoms with Crippen LogP contribution in [0.2, 0.25) is 0 Å². The lowest BCUT2D eigenvalue weighted by Gasteiger charge is -2.12. The molecule has 11 heavy (non-hydrogen) atoms. The predicted molar refractivity (Wildman–Crippen MR) is 48.1 cm³/mol. The summed E-state index contributed by atoms with van der Waals surface area (Å²) in [5.74, 6) is 1.47. The van der Waals surface area contributed by atoms with Gasteiger partial charge in [0.2, 0.25) is 0 Å². The summed E-state index contributed by atoms with van der Waals surface area (Å²) in [5.41, 5.74) is 4.49. The topological polar surface area (TPSA) is 0 Å². The first-order chi connectivity index (χ1) is 5.29. The molecule has 0 spiro atoms. The zero-order chi connectivity index (χ0) is 7.84. The van der Waals surface area contributed by atoms with Crippen LogP contribution in [0.15, 0.2) is 34.9 Å². The Bertz CT molecular complexity index is 264. The fourth-order valence-electron chi connectivity index (χ4n) is 1.93. The highest BCUT2D eigenvalue weighted by Gasteiger charge is 2.20. The van der Waals surface area contributed by atoms with Crippen molar-refractivity contribution in [2.24, 2.45) is 0 Å². The molecule has 0 aromatic heterocycles. The van der Waals surface area contributed by atoms with E-state index in [1.54, 1.807) is 5.57 Å². The molecule has 1 radical (unpaired) electrons. The summed E-state index contributed by atoms with van der Waals surface area (Å²) in [6.07, 6.45) is 9.29. The van der Waals surface area contributed by atoms with Gasteiger partial charge in [0.1, 0.15) is 0 Å². The molecule has 0 fully saturated rings. The largest absolute Gasteiger partial charge is 0.0836 e. The van der Waals surface area contributed by atoms with E-state index in [9.17, 15) is 0 Å². The molecule has 0 aliphatic heterocycles. The van der Waals surface area contributed by atoms with E-state index in [-0.39, 0.29) is 0 Å². The van der Waals surface area contributed by atoms with Crippen LogP contribution in [0.1, 0.15) is 26.7 Å². The Kier molecular flexibility index (Phi) is 1.49. The second-order valence-electron chi connectivity index (χ2n) is 3.34. The number of hydrogen-bond acceptors (Lipinski definition) is 0. The maximum Gasteiger partial charge on any atom is 0.0204 e. The molecule has 0 heterocycles. The lowest BCUT2D eigenvalue weighted by atomic mass is 9.93. The molecule has 0 saturated carbocycles. The minimum atomic E-state index is 1.22. The van der Waals surface area contributed by atoms with Crippen molar-refractivity contribution in [1.29, 1.82) is 0 Å². The van der Waals surface area contributed by atoms with E-state index in [1.807, 2.05) is 0 Å². The summed E-state index contributed by atoms with van der Waals surface area (Å²) in [6.45, 7) is 4.41. The Morgan fingerprint density at radius 2 is 2.09 bits per heavy atom. The summed E-state index contributed by atoms with van der Waals surface area (Å²) >= 11 is 0. The second-order valence-corrected chi connectivity index (χ2v) is 3.34. The molecule has 57 valence electrons. The average Bonchev–Trinajstić information content (AvgIpc) is 2.30. The van der Waals surface area contributed by atoms with Crippen LogP contribution in [0, 0.1) is 5.92 Å². The van der Waals surface area contributed by atoms with Crippen LogP contribution in [-0.4, -0.2) is 0 Å². The van der Waals surface area contributed by atoms with Gasteiger partial charge in [-0.3, -0.25) is 0 Å². The first-order valence-electron chi connectivity index (χ1n) is 4.21. The van der Waals surface area contributed by atoms with E-state index in [4.69, 9.17) is 0 Å². The number of hydrogen-bond donors (Lipinski definition) is 0. The lowest BCUT2D eigenvalue weighted by molar-refractivity contribution is 0.935. The van der Waals surface area contributed by atoms with Gasteiger partial charge in [-0.05, 0) is 30.9 Å². The summed E-state index contributed by atoms with van der Waals surface area (Å²) in [5, 5.41) is 0. The normalized spacial score (nSPS) is 24.0. The lowest BCUT2D eigenvalue weighted by Crippen LogP contribution is -1.94. The number of rotatable bonds is 0. The van der Waals surface area contributed by atoms with Crippen molar-refractivity contribution in [3.8, 4) is 0 Å². The third kappa shape index (κ3) is 0.973. The third-order valence-corrected chi connectivity index (χ3v) is 2.50. The summed E-state index contributed by atoms with van der Waals surface area (Å²) in [4.78, 5) is 0. The van der Waals surface area contributed by atoms with Gasteiger partial charge in [-0.2, -0.15) is 0 Å². The monoisotopic (exact) mass is 145 g/mol. The Morgan fingerprint density at radius 3 is 2.82 bits per heavy atom. The molecule has 2 aliphatic carbocycles. The maximum atomic E-state index is 2.29. The zero-order valence-electron chi connectivity index (χ0n) is 7.15. The van der Waals surface area contributed by atoms with Crippen molar-refractivity contribution in [2.45, 2.75) is 26.7 Å². The van der Waals surface area contributed by atoms with Crippen LogP contribution in [-0.2, 0) is 0 Å². The molecule has 0 nitrogen and oxygen atoms in total. The van der Waals surface area contributed by atoms with E-state index in [2.05, 4.69) is 32.1 Å². The molecule has 0 bridgehead atoms. The zero-order valence-corrected chi connectivity index (χ0v) is 7.15. The van der Waals surface area contributed by atoms with E-state index in [1.165, 1.54) is 29.9 Å². The van der Waals surface area contributed by atoms with Crippen LogP contribution in [0.4, 0.5) is 0 Å². The Labute approximate surface area is 68.3 Å². The molecule has 0 aromatic rings. The first kappa shape index (κ1) is 6.90. The second kappa shape index (κ2) is 2.37. The van der Waals surface area contributed by atoms with Crippen molar-refractivity contribution in [3.05, 3.63) is 40.9 Å². The van der Waals surface area contributed by atoms with Crippen molar-refractivity contribution in [3.63, 3.8) is 0 Å². The van der Waals surface area contributed by atoms with Gasteiger partial charge in [0.15, 0.2) is 0 Å². The van der Waals surface area contributed by atoms with Gasteiger partial charge in [-0.15, -0.1) is 0 Å². The van der Waals surface area contributed by atoms with Gasteiger partial charge >= 0.3 is 0 Å². The molecule has 0 unspecified atom stereocenters. The molecule has 0 aromatic carbocycles. The SMILES string of the molecule is C[C]1C=C(C)C2=C1CCC=C2. The Hall–Kier alpha value is -0.780. The van der Waals surface area contributed by atoms with Gasteiger partial charge in [0, 0.05) is 5.92 Å². The smallest absolute Gasteiger partial charge is 0.0204 e. The maximum absolute atomic E-state index is 2.29. The summed E-state index contributed by atoms with van der Waals surface area (Å²) in [7, 11) is 0. The van der Waals surface area contributed by atoms with Gasteiger partial charge in [0.05, 0.1) is 0 Å². The van der Waals surface area contributed by atoms with Crippen molar-refractivity contribution >= 4 is 0 Å². The highest BCUT2D eigenvalue weighted by molar-refractivity contribution is 5.58. The van der Waals surface area contributed by atoms with Gasteiger partial charge in [0.25, 0.3) is 0 Å². The van der Waals surface area contributed by atoms with E-state index in [0.29, 0.717) is 0 Å². The molecule has 0 N–H and O–H groups in total. The van der Waals surface area contributed by atoms with Gasteiger partial charge in [-0.1, -0.05) is 30.7 Å². The third-order valence-electron chi connectivity index (χ3n) is 2.50. The standard InChI is InChI=1S/C11H13/c1-8-7-9(2)11-6-4-3-5-10(8)11/h3,5,7H,4,6H2,1-2H3. The van der Waals surface area contributed by atoms with Crippen LogP contribution >= 0.6 is 0 Å².